The van der Waals surface area contributed by atoms with E-state index < -0.39 is 0 Å². The molecule has 0 N–H and O–H groups in total. The van der Waals surface area contributed by atoms with Crippen LogP contribution in [0.25, 0.3) is 0 Å². The van der Waals surface area contributed by atoms with Gasteiger partial charge in [-0.15, -0.1) is 11.3 Å². The van der Waals surface area contributed by atoms with Crippen LogP contribution in [0.3, 0.4) is 0 Å². The van der Waals surface area contributed by atoms with Crippen LogP contribution in [0, 0.1) is 0 Å². The van der Waals surface area contributed by atoms with Gasteiger partial charge in [0.2, 0.25) is 0 Å². The van der Waals surface area contributed by atoms with Crippen LogP contribution in [0.15, 0.2) is 41.8 Å². The highest BCUT2D eigenvalue weighted by molar-refractivity contribution is 7.10. The average molecular weight is 287 g/mol. The van der Waals surface area contributed by atoms with E-state index in [1.54, 1.807) is 0 Å². The van der Waals surface area contributed by atoms with Gasteiger partial charge in [-0.25, -0.2) is 0 Å². The molecule has 2 nitrogen and oxygen atoms in total. The number of hydrogen-bond acceptors (Lipinski definition) is 3. The highest BCUT2D eigenvalue weighted by Crippen LogP contribution is 2.32. The second-order valence-corrected chi connectivity index (χ2v) is 6.37. The highest BCUT2D eigenvalue weighted by Gasteiger charge is 2.20. The molecule has 1 aliphatic rings. The standard InChI is InChI=1S/C17H21NOS/c1-18-10-5-12-19-17(14-6-3-2-4-7-14)15-9-13-20-16(15)8-11-18/h2-4,6-7,9,13,17H,5,8,10-12H2,1H3/t17-/m1/s1. The van der Waals surface area contributed by atoms with Gasteiger partial charge in [0.1, 0.15) is 6.10 Å². The summed E-state index contributed by atoms with van der Waals surface area (Å²) in [7, 11) is 2.20. The van der Waals surface area contributed by atoms with Crippen LogP contribution in [0.5, 0.6) is 0 Å². The van der Waals surface area contributed by atoms with Gasteiger partial charge in [-0.05, 0) is 42.5 Å². The lowest BCUT2D eigenvalue weighted by atomic mass is 10.0. The molecule has 0 saturated heterocycles. The zero-order valence-corrected chi connectivity index (χ0v) is 12.7. The Hall–Kier alpha value is -1.16. The van der Waals surface area contributed by atoms with Crippen LogP contribution in [0.1, 0.15) is 28.5 Å². The van der Waals surface area contributed by atoms with Crippen molar-refractivity contribution in [3.63, 3.8) is 0 Å². The van der Waals surface area contributed by atoms with E-state index in [0.29, 0.717) is 0 Å². The van der Waals surface area contributed by atoms with Crippen molar-refractivity contribution in [2.45, 2.75) is 18.9 Å². The average Bonchev–Trinajstić information content (AvgIpc) is 2.94. The Kier molecular flexibility index (Phi) is 4.51. The molecule has 0 fully saturated rings. The van der Waals surface area contributed by atoms with Gasteiger partial charge in [0.05, 0.1) is 0 Å². The molecule has 2 heterocycles. The Morgan fingerprint density at radius 1 is 1.15 bits per heavy atom. The first-order valence-electron chi connectivity index (χ1n) is 7.26. The zero-order valence-electron chi connectivity index (χ0n) is 11.9. The smallest absolute Gasteiger partial charge is 0.109 e. The zero-order chi connectivity index (χ0) is 13.8. The van der Waals surface area contributed by atoms with E-state index in [4.69, 9.17) is 4.74 Å². The van der Waals surface area contributed by atoms with Crippen molar-refractivity contribution in [3.8, 4) is 0 Å². The second-order valence-electron chi connectivity index (χ2n) is 5.37. The van der Waals surface area contributed by atoms with Crippen molar-refractivity contribution in [1.82, 2.24) is 4.90 Å². The van der Waals surface area contributed by atoms with Crippen molar-refractivity contribution >= 4 is 11.3 Å². The largest absolute Gasteiger partial charge is 0.369 e. The highest BCUT2D eigenvalue weighted by atomic mass is 32.1. The SMILES string of the molecule is CN1CCCO[C@H](c2ccccc2)c2ccsc2CC1. The lowest BCUT2D eigenvalue weighted by Gasteiger charge is -2.24. The minimum Gasteiger partial charge on any atom is -0.369 e. The summed E-state index contributed by atoms with van der Waals surface area (Å²) in [5.41, 5.74) is 2.62. The van der Waals surface area contributed by atoms with Gasteiger partial charge >= 0.3 is 0 Å². The molecule has 0 radical (unpaired) electrons. The Balaban J connectivity index is 1.92. The van der Waals surface area contributed by atoms with Gasteiger partial charge in [-0.3, -0.25) is 0 Å². The van der Waals surface area contributed by atoms with E-state index in [1.807, 2.05) is 11.3 Å². The summed E-state index contributed by atoms with van der Waals surface area (Å²) >= 11 is 1.86. The molecule has 3 rings (SSSR count). The fourth-order valence-electron chi connectivity index (χ4n) is 2.72. The quantitative estimate of drug-likeness (QED) is 0.792. The van der Waals surface area contributed by atoms with Crippen LogP contribution < -0.4 is 0 Å². The number of benzene rings is 1. The molecule has 3 heteroatoms. The molecule has 0 saturated carbocycles. The van der Waals surface area contributed by atoms with Crippen molar-refractivity contribution < 1.29 is 4.74 Å². The first-order valence-corrected chi connectivity index (χ1v) is 8.14. The van der Waals surface area contributed by atoms with E-state index in [2.05, 4.69) is 53.7 Å². The maximum Gasteiger partial charge on any atom is 0.109 e. The minimum atomic E-state index is 0.0980. The van der Waals surface area contributed by atoms with E-state index in [1.165, 1.54) is 16.0 Å². The first kappa shape index (κ1) is 13.8. The number of nitrogens with zero attached hydrogens (tertiary/aromatic N) is 1. The number of fused-ring (bicyclic) bond motifs is 1. The molecule has 1 aliphatic heterocycles. The molecule has 0 unspecified atom stereocenters. The van der Waals surface area contributed by atoms with Crippen molar-refractivity contribution in [3.05, 3.63) is 57.8 Å². The molecule has 2 aromatic rings. The number of likely N-dealkylation sites (N-methyl/N-ethyl adjacent to an activating group) is 1. The van der Waals surface area contributed by atoms with Crippen LogP contribution in [0.2, 0.25) is 0 Å². The van der Waals surface area contributed by atoms with Crippen molar-refractivity contribution in [2.24, 2.45) is 0 Å². The Morgan fingerprint density at radius 2 is 2.00 bits per heavy atom. The Bertz CT molecular complexity index is 537. The number of thiophene rings is 1. The molecule has 0 bridgehead atoms. The maximum absolute atomic E-state index is 6.22. The molecule has 1 aromatic heterocycles. The molecule has 1 aromatic carbocycles. The lowest BCUT2D eigenvalue weighted by Crippen LogP contribution is -2.25. The van der Waals surface area contributed by atoms with Crippen molar-refractivity contribution in [1.29, 1.82) is 0 Å². The van der Waals surface area contributed by atoms with Gasteiger partial charge in [0.25, 0.3) is 0 Å². The first-order chi connectivity index (χ1) is 9.84. The van der Waals surface area contributed by atoms with E-state index in [9.17, 15) is 0 Å². The van der Waals surface area contributed by atoms with E-state index >= 15 is 0 Å². The maximum atomic E-state index is 6.22. The summed E-state index contributed by atoms with van der Waals surface area (Å²) in [5, 5.41) is 2.20. The van der Waals surface area contributed by atoms with Gasteiger partial charge in [-0.1, -0.05) is 30.3 Å². The number of ether oxygens (including phenoxy) is 1. The lowest BCUT2D eigenvalue weighted by molar-refractivity contribution is 0.0711. The predicted molar refractivity (Wildman–Crippen MR) is 84.4 cm³/mol. The third-order valence-corrected chi connectivity index (χ3v) is 4.85. The molecule has 0 amide bonds. The monoisotopic (exact) mass is 287 g/mol. The summed E-state index contributed by atoms with van der Waals surface area (Å²) in [6, 6.07) is 12.8. The van der Waals surface area contributed by atoms with E-state index in [0.717, 1.165) is 32.5 Å². The summed E-state index contributed by atoms with van der Waals surface area (Å²) in [6.07, 6.45) is 2.32. The topological polar surface area (TPSA) is 12.5 Å². The molecule has 1 atom stereocenters. The fraction of sp³-hybridized carbons (Fsp3) is 0.412. The van der Waals surface area contributed by atoms with Gasteiger partial charge in [0.15, 0.2) is 0 Å². The summed E-state index contributed by atoms with van der Waals surface area (Å²) < 4.78 is 6.22. The van der Waals surface area contributed by atoms with Gasteiger partial charge in [-0.2, -0.15) is 0 Å². The Morgan fingerprint density at radius 3 is 2.85 bits per heavy atom. The second kappa shape index (κ2) is 6.53. The van der Waals surface area contributed by atoms with E-state index in [-0.39, 0.29) is 6.10 Å². The molecule has 0 aliphatic carbocycles. The van der Waals surface area contributed by atoms with Crippen LogP contribution in [-0.2, 0) is 11.2 Å². The minimum absolute atomic E-state index is 0.0980. The number of hydrogen-bond donors (Lipinski definition) is 0. The fourth-order valence-corrected chi connectivity index (χ4v) is 3.62. The Labute approximate surface area is 125 Å². The number of rotatable bonds is 1. The predicted octanol–water partition coefficient (Wildman–Crippen LogP) is 3.73. The van der Waals surface area contributed by atoms with Gasteiger partial charge < -0.3 is 9.64 Å². The molecule has 20 heavy (non-hydrogen) atoms. The summed E-state index contributed by atoms with van der Waals surface area (Å²) in [5.74, 6) is 0. The third-order valence-electron chi connectivity index (χ3n) is 3.85. The molecule has 106 valence electrons. The molecular formula is C17H21NOS. The van der Waals surface area contributed by atoms with Crippen molar-refractivity contribution in [2.75, 3.05) is 26.7 Å². The molecule has 0 spiro atoms. The van der Waals surface area contributed by atoms with Gasteiger partial charge in [0, 0.05) is 24.6 Å². The third kappa shape index (κ3) is 3.11. The summed E-state index contributed by atoms with van der Waals surface area (Å²) in [6.45, 7) is 3.07. The van der Waals surface area contributed by atoms with Crippen LogP contribution >= 0.6 is 11.3 Å². The normalized spacial score (nSPS) is 21.4. The van der Waals surface area contributed by atoms with Crippen LogP contribution in [-0.4, -0.2) is 31.6 Å². The van der Waals surface area contributed by atoms with Crippen LogP contribution in [0.4, 0.5) is 0 Å². The molecular weight excluding hydrogens is 266 g/mol. The summed E-state index contributed by atoms with van der Waals surface area (Å²) in [4.78, 5) is 3.86.